The molecule has 0 saturated carbocycles. The van der Waals surface area contributed by atoms with Crippen LogP contribution in [0.1, 0.15) is 18.5 Å². The zero-order chi connectivity index (χ0) is 12.3. The van der Waals surface area contributed by atoms with Crippen LogP contribution in [0.15, 0.2) is 36.8 Å². The van der Waals surface area contributed by atoms with Gasteiger partial charge in [-0.25, -0.2) is 14.4 Å². The highest BCUT2D eigenvalue weighted by atomic mass is 35.5. The van der Waals surface area contributed by atoms with E-state index >= 15 is 0 Å². The second-order valence-electron chi connectivity index (χ2n) is 3.64. The Hall–Kier alpha value is -1.68. The Morgan fingerprint density at radius 1 is 1.41 bits per heavy atom. The second kappa shape index (κ2) is 5.10. The summed E-state index contributed by atoms with van der Waals surface area (Å²) >= 11 is 5.93. The number of benzene rings is 1. The number of halogens is 2. The average molecular weight is 252 g/mol. The molecule has 5 heteroatoms. The fourth-order valence-electron chi connectivity index (χ4n) is 1.48. The van der Waals surface area contributed by atoms with Crippen LogP contribution < -0.4 is 5.32 Å². The molecule has 1 unspecified atom stereocenters. The molecule has 1 aromatic carbocycles. The van der Waals surface area contributed by atoms with E-state index in [9.17, 15) is 4.39 Å². The van der Waals surface area contributed by atoms with Crippen molar-refractivity contribution in [3.05, 3.63) is 53.2 Å². The molecule has 0 aliphatic rings. The minimum absolute atomic E-state index is 0.0851. The average Bonchev–Trinajstić information content (AvgIpc) is 2.32. The van der Waals surface area contributed by atoms with E-state index in [4.69, 9.17) is 11.6 Å². The Morgan fingerprint density at radius 2 is 2.24 bits per heavy atom. The highest BCUT2D eigenvalue weighted by molar-refractivity contribution is 6.32. The van der Waals surface area contributed by atoms with Crippen molar-refractivity contribution in [3.63, 3.8) is 0 Å². The number of hydrogen-bond donors (Lipinski definition) is 1. The van der Waals surface area contributed by atoms with Crippen LogP contribution in [-0.2, 0) is 0 Å². The molecule has 0 spiro atoms. The molecule has 1 atom stereocenters. The molecule has 2 aromatic rings. The Bertz CT molecular complexity index is 519. The van der Waals surface area contributed by atoms with E-state index in [1.165, 1.54) is 24.7 Å². The lowest BCUT2D eigenvalue weighted by atomic mass is 10.1. The molecule has 0 aliphatic carbocycles. The standard InChI is InChI=1S/C12H11ClFN3/c1-8(9-3-2-4-10(14)5-9)17-12-11(13)6-15-7-16-12/h2-8H,1H3,(H,15,16,17). The zero-order valence-corrected chi connectivity index (χ0v) is 9.95. The quantitative estimate of drug-likeness (QED) is 0.908. The summed E-state index contributed by atoms with van der Waals surface area (Å²) in [7, 11) is 0. The van der Waals surface area contributed by atoms with Gasteiger partial charge in [0.2, 0.25) is 0 Å². The summed E-state index contributed by atoms with van der Waals surface area (Å²) in [5, 5.41) is 3.54. The van der Waals surface area contributed by atoms with Crippen LogP contribution in [0.25, 0.3) is 0 Å². The van der Waals surface area contributed by atoms with Crippen LogP contribution in [0.2, 0.25) is 5.02 Å². The molecule has 3 nitrogen and oxygen atoms in total. The lowest BCUT2D eigenvalue weighted by Crippen LogP contribution is -2.08. The van der Waals surface area contributed by atoms with E-state index in [0.29, 0.717) is 10.8 Å². The summed E-state index contributed by atoms with van der Waals surface area (Å²) in [5.41, 5.74) is 0.833. The second-order valence-corrected chi connectivity index (χ2v) is 4.05. The third-order valence-corrected chi connectivity index (χ3v) is 2.65. The number of nitrogens with zero attached hydrogens (tertiary/aromatic N) is 2. The molecule has 0 amide bonds. The number of nitrogens with one attached hydrogen (secondary N) is 1. The third kappa shape index (κ3) is 2.91. The summed E-state index contributed by atoms with van der Waals surface area (Å²) in [6.07, 6.45) is 2.92. The van der Waals surface area contributed by atoms with Crippen molar-refractivity contribution in [2.24, 2.45) is 0 Å². The maximum Gasteiger partial charge on any atom is 0.148 e. The molecule has 0 fully saturated rings. The van der Waals surface area contributed by atoms with E-state index in [-0.39, 0.29) is 11.9 Å². The van der Waals surface area contributed by atoms with Crippen molar-refractivity contribution in [1.82, 2.24) is 9.97 Å². The first-order valence-electron chi connectivity index (χ1n) is 5.14. The molecule has 0 aliphatic heterocycles. The monoisotopic (exact) mass is 251 g/mol. The van der Waals surface area contributed by atoms with Gasteiger partial charge in [-0.15, -0.1) is 0 Å². The smallest absolute Gasteiger partial charge is 0.148 e. The van der Waals surface area contributed by atoms with Gasteiger partial charge in [-0.05, 0) is 24.6 Å². The molecular formula is C12H11ClFN3. The summed E-state index contributed by atoms with van der Waals surface area (Å²) in [5.74, 6) is 0.281. The first-order chi connectivity index (χ1) is 8.16. The maximum atomic E-state index is 13.1. The maximum absolute atomic E-state index is 13.1. The fourth-order valence-corrected chi connectivity index (χ4v) is 1.64. The van der Waals surface area contributed by atoms with Gasteiger partial charge in [-0.2, -0.15) is 0 Å². The molecule has 0 saturated heterocycles. The molecule has 17 heavy (non-hydrogen) atoms. The van der Waals surface area contributed by atoms with Gasteiger partial charge in [0.25, 0.3) is 0 Å². The molecule has 2 rings (SSSR count). The van der Waals surface area contributed by atoms with Gasteiger partial charge >= 0.3 is 0 Å². The predicted octanol–water partition coefficient (Wildman–Crippen LogP) is 3.44. The van der Waals surface area contributed by atoms with Gasteiger partial charge in [0.15, 0.2) is 0 Å². The molecule has 1 heterocycles. The zero-order valence-electron chi connectivity index (χ0n) is 9.19. The Labute approximate surface area is 104 Å². The first-order valence-corrected chi connectivity index (χ1v) is 5.52. The van der Waals surface area contributed by atoms with Crippen molar-refractivity contribution < 1.29 is 4.39 Å². The number of aromatic nitrogens is 2. The van der Waals surface area contributed by atoms with Crippen molar-refractivity contribution in [3.8, 4) is 0 Å². The van der Waals surface area contributed by atoms with Gasteiger partial charge in [-0.1, -0.05) is 23.7 Å². The van der Waals surface area contributed by atoms with Crippen LogP contribution in [0.4, 0.5) is 10.2 Å². The van der Waals surface area contributed by atoms with Crippen LogP contribution in [-0.4, -0.2) is 9.97 Å². The molecule has 0 bridgehead atoms. The molecule has 0 radical (unpaired) electrons. The highest BCUT2D eigenvalue weighted by Gasteiger charge is 2.09. The summed E-state index contributed by atoms with van der Waals surface area (Å²) in [6.45, 7) is 1.91. The van der Waals surface area contributed by atoms with Crippen LogP contribution >= 0.6 is 11.6 Å². The number of anilines is 1. The van der Waals surface area contributed by atoms with Gasteiger partial charge in [-0.3, -0.25) is 0 Å². The Balaban J connectivity index is 2.17. The summed E-state index contributed by atoms with van der Waals surface area (Å²) in [6, 6.07) is 6.32. The predicted molar refractivity (Wildman–Crippen MR) is 65.5 cm³/mol. The van der Waals surface area contributed by atoms with Gasteiger partial charge in [0.1, 0.15) is 23.0 Å². The minimum Gasteiger partial charge on any atom is -0.362 e. The molecule has 1 aromatic heterocycles. The van der Waals surface area contributed by atoms with E-state index in [1.54, 1.807) is 6.07 Å². The Morgan fingerprint density at radius 3 is 2.94 bits per heavy atom. The number of hydrogen-bond acceptors (Lipinski definition) is 3. The highest BCUT2D eigenvalue weighted by Crippen LogP contribution is 2.23. The SMILES string of the molecule is CC(Nc1ncncc1Cl)c1cccc(F)c1. The molecule has 1 N–H and O–H groups in total. The normalized spacial score (nSPS) is 12.2. The summed E-state index contributed by atoms with van der Waals surface area (Å²) < 4.78 is 13.1. The van der Waals surface area contributed by atoms with Crippen molar-refractivity contribution in [2.75, 3.05) is 5.32 Å². The van der Waals surface area contributed by atoms with Crippen molar-refractivity contribution in [2.45, 2.75) is 13.0 Å². The van der Waals surface area contributed by atoms with Gasteiger partial charge in [0, 0.05) is 0 Å². The van der Waals surface area contributed by atoms with Crippen molar-refractivity contribution in [1.29, 1.82) is 0 Å². The van der Waals surface area contributed by atoms with Crippen LogP contribution in [0, 0.1) is 5.82 Å². The van der Waals surface area contributed by atoms with Gasteiger partial charge in [0.05, 0.1) is 12.2 Å². The van der Waals surface area contributed by atoms with E-state index in [0.717, 1.165) is 5.56 Å². The fraction of sp³-hybridized carbons (Fsp3) is 0.167. The van der Waals surface area contributed by atoms with E-state index < -0.39 is 0 Å². The third-order valence-electron chi connectivity index (χ3n) is 2.37. The lowest BCUT2D eigenvalue weighted by molar-refractivity contribution is 0.623. The molecular weight excluding hydrogens is 241 g/mol. The Kier molecular flexibility index (Phi) is 3.54. The number of rotatable bonds is 3. The van der Waals surface area contributed by atoms with Crippen LogP contribution in [0.3, 0.4) is 0 Å². The van der Waals surface area contributed by atoms with Crippen LogP contribution in [0.5, 0.6) is 0 Å². The van der Waals surface area contributed by atoms with E-state index in [1.807, 2.05) is 13.0 Å². The molecule has 88 valence electrons. The van der Waals surface area contributed by atoms with Gasteiger partial charge < -0.3 is 5.32 Å². The van der Waals surface area contributed by atoms with E-state index in [2.05, 4.69) is 15.3 Å². The summed E-state index contributed by atoms with van der Waals surface area (Å²) in [4.78, 5) is 7.81. The topological polar surface area (TPSA) is 37.8 Å². The largest absolute Gasteiger partial charge is 0.362 e. The first kappa shape index (κ1) is 11.8. The minimum atomic E-state index is -0.259. The van der Waals surface area contributed by atoms with Crippen molar-refractivity contribution >= 4 is 17.4 Å². The lowest BCUT2D eigenvalue weighted by Gasteiger charge is -2.15.